The predicted octanol–water partition coefficient (Wildman–Crippen LogP) is 0.524. The standard InChI is InChI=1S/C12H19N3O2S/c13-10-3-4-11-9(8-10)2-5-12(11)15-6-1-7-18(14,16)17/h3-4,8,12,15H,1-2,5-7,13H2,(H2,14,16,17). The Bertz CT molecular complexity index is 528. The third-order valence-corrected chi connectivity index (χ3v) is 4.10. The second-order valence-corrected chi connectivity index (χ2v) is 6.46. The molecule has 6 heteroatoms. The molecule has 0 fully saturated rings. The van der Waals surface area contributed by atoms with Crippen LogP contribution in [0.2, 0.25) is 0 Å². The van der Waals surface area contributed by atoms with E-state index in [0.29, 0.717) is 19.0 Å². The molecule has 0 heterocycles. The van der Waals surface area contributed by atoms with Gasteiger partial charge >= 0.3 is 0 Å². The highest BCUT2D eigenvalue weighted by atomic mass is 32.2. The van der Waals surface area contributed by atoms with Crippen molar-refractivity contribution >= 4 is 15.7 Å². The molecule has 0 spiro atoms. The maximum absolute atomic E-state index is 10.8. The Kier molecular flexibility index (Phi) is 3.89. The summed E-state index contributed by atoms with van der Waals surface area (Å²) in [6.45, 7) is 0.658. The molecule has 5 nitrogen and oxygen atoms in total. The minimum absolute atomic E-state index is 0.0291. The molecule has 0 saturated carbocycles. The zero-order chi connectivity index (χ0) is 13.2. The molecule has 1 unspecified atom stereocenters. The lowest BCUT2D eigenvalue weighted by Gasteiger charge is -2.13. The third-order valence-electron chi connectivity index (χ3n) is 3.24. The first-order valence-electron chi connectivity index (χ1n) is 6.08. The van der Waals surface area contributed by atoms with Crippen molar-refractivity contribution in [3.05, 3.63) is 29.3 Å². The van der Waals surface area contributed by atoms with E-state index in [1.165, 1.54) is 11.1 Å². The van der Waals surface area contributed by atoms with Crippen molar-refractivity contribution in [2.45, 2.75) is 25.3 Å². The van der Waals surface area contributed by atoms with E-state index in [2.05, 4.69) is 11.4 Å². The Hall–Kier alpha value is -1.11. The van der Waals surface area contributed by atoms with Gasteiger partial charge < -0.3 is 11.1 Å². The van der Waals surface area contributed by atoms with Crippen LogP contribution in [0.15, 0.2) is 18.2 Å². The SMILES string of the molecule is Nc1ccc2c(c1)CCC2NCCCS(N)(=O)=O. The second-order valence-electron chi connectivity index (χ2n) is 4.72. The first-order chi connectivity index (χ1) is 8.46. The van der Waals surface area contributed by atoms with Gasteiger partial charge in [0, 0.05) is 11.7 Å². The number of rotatable bonds is 5. The lowest BCUT2D eigenvalue weighted by Crippen LogP contribution is -2.24. The highest BCUT2D eigenvalue weighted by Gasteiger charge is 2.21. The molecule has 1 aromatic carbocycles. The predicted molar refractivity (Wildman–Crippen MR) is 72.5 cm³/mol. The molecule has 0 aromatic heterocycles. The van der Waals surface area contributed by atoms with E-state index in [1.54, 1.807) is 0 Å². The fraction of sp³-hybridized carbons (Fsp3) is 0.500. The summed E-state index contributed by atoms with van der Waals surface area (Å²) in [6, 6.07) is 6.28. The molecule has 5 N–H and O–H groups in total. The largest absolute Gasteiger partial charge is 0.399 e. The number of hydrogen-bond donors (Lipinski definition) is 3. The van der Waals surface area contributed by atoms with Crippen LogP contribution in [0.5, 0.6) is 0 Å². The fourth-order valence-corrected chi connectivity index (χ4v) is 2.95. The van der Waals surface area contributed by atoms with Gasteiger partial charge in [-0.2, -0.15) is 0 Å². The van der Waals surface area contributed by atoms with E-state index in [-0.39, 0.29) is 5.75 Å². The summed E-state index contributed by atoms with van der Waals surface area (Å²) < 4.78 is 21.6. The fourth-order valence-electron chi connectivity index (χ4n) is 2.40. The van der Waals surface area contributed by atoms with Crippen LogP contribution in [0.3, 0.4) is 0 Å². The van der Waals surface area contributed by atoms with Crippen molar-refractivity contribution in [3.63, 3.8) is 0 Å². The molecule has 1 atom stereocenters. The van der Waals surface area contributed by atoms with Crippen LogP contribution in [0, 0.1) is 0 Å². The van der Waals surface area contributed by atoms with Gasteiger partial charge in [0.05, 0.1) is 5.75 Å². The van der Waals surface area contributed by atoms with Crippen LogP contribution in [-0.2, 0) is 16.4 Å². The van der Waals surface area contributed by atoms with Crippen LogP contribution in [0.1, 0.15) is 30.0 Å². The average molecular weight is 269 g/mol. The molecule has 2 rings (SSSR count). The number of nitrogen functional groups attached to an aromatic ring is 1. The minimum Gasteiger partial charge on any atom is -0.399 e. The van der Waals surface area contributed by atoms with Gasteiger partial charge in [-0.1, -0.05) is 6.07 Å². The van der Waals surface area contributed by atoms with Crippen LogP contribution in [0.25, 0.3) is 0 Å². The highest BCUT2D eigenvalue weighted by molar-refractivity contribution is 7.89. The van der Waals surface area contributed by atoms with Gasteiger partial charge in [-0.3, -0.25) is 0 Å². The first kappa shape index (κ1) is 13.3. The lowest BCUT2D eigenvalue weighted by molar-refractivity contribution is 0.526. The zero-order valence-corrected chi connectivity index (χ0v) is 11.0. The van der Waals surface area contributed by atoms with Crippen LogP contribution in [-0.4, -0.2) is 20.7 Å². The monoisotopic (exact) mass is 269 g/mol. The van der Waals surface area contributed by atoms with Gasteiger partial charge in [-0.05, 0) is 49.1 Å². The Morgan fingerprint density at radius 3 is 2.89 bits per heavy atom. The number of nitrogens with two attached hydrogens (primary N) is 2. The van der Waals surface area contributed by atoms with Crippen LogP contribution < -0.4 is 16.2 Å². The van der Waals surface area contributed by atoms with E-state index in [9.17, 15) is 8.42 Å². The van der Waals surface area contributed by atoms with E-state index >= 15 is 0 Å². The van der Waals surface area contributed by atoms with Crippen LogP contribution >= 0.6 is 0 Å². The molecule has 100 valence electrons. The number of anilines is 1. The molecule has 0 amide bonds. The summed E-state index contributed by atoms with van der Waals surface area (Å²) in [5.41, 5.74) is 9.11. The molecular formula is C12H19N3O2S. The topological polar surface area (TPSA) is 98.2 Å². The van der Waals surface area contributed by atoms with Crippen molar-refractivity contribution in [2.24, 2.45) is 5.14 Å². The number of fused-ring (bicyclic) bond motifs is 1. The summed E-state index contributed by atoms with van der Waals surface area (Å²) in [7, 11) is -3.34. The van der Waals surface area contributed by atoms with Crippen molar-refractivity contribution in [3.8, 4) is 0 Å². The average Bonchev–Trinajstić information content (AvgIpc) is 2.65. The Morgan fingerprint density at radius 1 is 1.39 bits per heavy atom. The molecular weight excluding hydrogens is 250 g/mol. The normalized spacial score (nSPS) is 18.8. The number of nitrogens with one attached hydrogen (secondary N) is 1. The number of hydrogen-bond acceptors (Lipinski definition) is 4. The van der Waals surface area contributed by atoms with E-state index in [4.69, 9.17) is 10.9 Å². The Morgan fingerprint density at radius 2 is 2.17 bits per heavy atom. The molecule has 18 heavy (non-hydrogen) atoms. The van der Waals surface area contributed by atoms with Crippen molar-refractivity contribution in [1.82, 2.24) is 5.32 Å². The van der Waals surface area contributed by atoms with E-state index < -0.39 is 10.0 Å². The van der Waals surface area contributed by atoms with Gasteiger partial charge in [-0.15, -0.1) is 0 Å². The maximum atomic E-state index is 10.8. The van der Waals surface area contributed by atoms with Crippen LogP contribution in [0.4, 0.5) is 5.69 Å². The molecule has 0 saturated heterocycles. The van der Waals surface area contributed by atoms with Gasteiger partial charge in [0.25, 0.3) is 0 Å². The molecule has 1 aliphatic carbocycles. The van der Waals surface area contributed by atoms with Gasteiger partial charge in [-0.25, -0.2) is 13.6 Å². The summed E-state index contributed by atoms with van der Waals surface area (Å²) in [5, 5.41) is 8.32. The molecule has 0 bridgehead atoms. The Balaban J connectivity index is 1.87. The molecule has 1 aliphatic rings. The summed E-state index contributed by atoms with van der Waals surface area (Å²) in [5.74, 6) is 0.0291. The number of benzene rings is 1. The molecule has 1 aromatic rings. The second kappa shape index (κ2) is 5.26. The van der Waals surface area contributed by atoms with Gasteiger partial charge in [0.15, 0.2) is 0 Å². The van der Waals surface area contributed by atoms with E-state index in [1.807, 2.05) is 12.1 Å². The smallest absolute Gasteiger partial charge is 0.209 e. The molecule has 0 radical (unpaired) electrons. The van der Waals surface area contributed by atoms with Gasteiger partial charge in [0.2, 0.25) is 10.0 Å². The van der Waals surface area contributed by atoms with E-state index in [0.717, 1.165) is 18.5 Å². The third kappa shape index (κ3) is 3.44. The number of sulfonamides is 1. The maximum Gasteiger partial charge on any atom is 0.209 e. The minimum atomic E-state index is -3.34. The first-order valence-corrected chi connectivity index (χ1v) is 7.79. The van der Waals surface area contributed by atoms with Crippen molar-refractivity contribution in [1.29, 1.82) is 0 Å². The summed E-state index contributed by atoms with van der Waals surface area (Å²) >= 11 is 0. The van der Waals surface area contributed by atoms with Gasteiger partial charge in [0.1, 0.15) is 0 Å². The summed E-state index contributed by atoms with van der Waals surface area (Å²) in [6.07, 6.45) is 2.60. The number of primary sulfonamides is 1. The lowest BCUT2D eigenvalue weighted by atomic mass is 10.1. The Labute approximate surface area is 108 Å². The quantitative estimate of drug-likeness (QED) is 0.536. The van der Waals surface area contributed by atoms with Crippen molar-refractivity contribution < 1.29 is 8.42 Å². The zero-order valence-electron chi connectivity index (χ0n) is 10.2. The number of aryl methyl sites for hydroxylation is 1. The molecule has 0 aliphatic heterocycles. The summed E-state index contributed by atoms with van der Waals surface area (Å²) in [4.78, 5) is 0. The highest BCUT2D eigenvalue weighted by Crippen LogP contribution is 2.32. The van der Waals surface area contributed by atoms with Crippen molar-refractivity contribution in [2.75, 3.05) is 18.0 Å².